The van der Waals surface area contributed by atoms with Crippen molar-refractivity contribution in [2.24, 2.45) is 0 Å². The molecule has 0 fully saturated rings. The van der Waals surface area contributed by atoms with Crippen LogP contribution in [-0.4, -0.2) is 31.6 Å². The van der Waals surface area contributed by atoms with Gasteiger partial charge in [0.15, 0.2) is 0 Å². The zero-order chi connectivity index (χ0) is 12.3. The lowest BCUT2D eigenvalue weighted by Crippen LogP contribution is -2.29. The summed E-state index contributed by atoms with van der Waals surface area (Å²) < 4.78 is 38.2. The van der Waals surface area contributed by atoms with Crippen LogP contribution >= 0.6 is 15.9 Å². The van der Waals surface area contributed by atoms with Crippen LogP contribution in [0.3, 0.4) is 0 Å². The molecule has 0 unspecified atom stereocenters. The van der Waals surface area contributed by atoms with Gasteiger partial charge in [-0.2, -0.15) is 0 Å². The minimum absolute atomic E-state index is 0.150. The fourth-order valence-corrected chi connectivity index (χ4v) is 3.45. The maximum absolute atomic E-state index is 12.9. The summed E-state index contributed by atoms with van der Waals surface area (Å²) in [4.78, 5) is 0.150. The minimum atomic E-state index is -3.51. The minimum Gasteiger partial charge on any atom is -0.207 e. The first kappa shape index (κ1) is 13.6. The lowest BCUT2D eigenvalue weighted by Gasteiger charge is -2.17. The van der Waals surface area contributed by atoms with E-state index in [4.69, 9.17) is 0 Å². The molecule has 0 aliphatic carbocycles. The fourth-order valence-electron chi connectivity index (χ4n) is 1.31. The molecule has 0 radical (unpaired) electrons. The molecular formula is C10H13BrFNO2S. The van der Waals surface area contributed by atoms with Crippen LogP contribution in [0.4, 0.5) is 4.39 Å². The van der Waals surface area contributed by atoms with Gasteiger partial charge in [-0.05, 0) is 30.7 Å². The van der Waals surface area contributed by atoms with E-state index in [2.05, 4.69) is 15.9 Å². The smallest absolute Gasteiger partial charge is 0.207 e. The number of sulfonamides is 1. The summed E-state index contributed by atoms with van der Waals surface area (Å²) in [6.45, 7) is 1.96. The first-order chi connectivity index (χ1) is 7.39. The predicted octanol–water partition coefficient (Wildman–Crippen LogP) is 2.15. The van der Waals surface area contributed by atoms with Gasteiger partial charge in [-0.15, -0.1) is 0 Å². The molecule has 16 heavy (non-hydrogen) atoms. The average molecular weight is 310 g/mol. The molecular weight excluding hydrogens is 297 g/mol. The molecule has 0 saturated heterocycles. The van der Waals surface area contributed by atoms with Crippen molar-refractivity contribution in [3.05, 3.63) is 29.6 Å². The van der Waals surface area contributed by atoms with E-state index in [9.17, 15) is 12.8 Å². The number of hydrogen-bond acceptors (Lipinski definition) is 2. The van der Waals surface area contributed by atoms with E-state index in [-0.39, 0.29) is 4.90 Å². The zero-order valence-electron chi connectivity index (χ0n) is 9.07. The second kappa shape index (κ2) is 5.25. The molecule has 0 N–H and O–H groups in total. The van der Waals surface area contributed by atoms with E-state index >= 15 is 0 Å². The maximum atomic E-state index is 12.9. The molecule has 0 aliphatic heterocycles. The molecule has 0 amide bonds. The van der Waals surface area contributed by atoms with Crippen molar-refractivity contribution in [1.29, 1.82) is 0 Å². The summed E-state index contributed by atoms with van der Waals surface area (Å²) >= 11 is 3.18. The van der Waals surface area contributed by atoms with E-state index in [0.717, 1.165) is 6.07 Å². The topological polar surface area (TPSA) is 37.4 Å². The second-order valence-electron chi connectivity index (χ2n) is 3.43. The Morgan fingerprint density at radius 1 is 1.44 bits per heavy atom. The number of rotatable bonds is 4. The van der Waals surface area contributed by atoms with Crippen molar-refractivity contribution >= 4 is 26.0 Å². The van der Waals surface area contributed by atoms with E-state index in [1.165, 1.54) is 23.5 Å². The first-order valence-electron chi connectivity index (χ1n) is 4.68. The average Bonchev–Trinajstić information content (AvgIpc) is 2.17. The molecule has 0 atom stereocenters. The zero-order valence-corrected chi connectivity index (χ0v) is 11.5. The van der Waals surface area contributed by atoms with Gasteiger partial charge in [0.1, 0.15) is 5.82 Å². The molecule has 0 bridgehead atoms. The summed E-state index contributed by atoms with van der Waals surface area (Å²) in [7, 11) is -2.01. The van der Waals surface area contributed by atoms with Gasteiger partial charge in [-0.1, -0.05) is 15.9 Å². The molecule has 0 heterocycles. The van der Waals surface area contributed by atoms with Gasteiger partial charge >= 0.3 is 0 Å². The van der Waals surface area contributed by atoms with Crippen LogP contribution in [0.15, 0.2) is 23.1 Å². The van der Waals surface area contributed by atoms with Crippen LogP contribution in [0.2, 0.25) is 0 Å². The predicted molar refractivity (Wildman–Crippen MR) is 64.7 cm³/mol. The largest absolute Gasteiger partial charge is 0.243 e. The van der Waals surface area contributed by atoms with Gasteiger partial charge < -0.3 is 0 Å². The summed E-state index contributed by atoms with van der Waals surface area (Å²) in [5.41, 5.74) is 0.418. The molecule has 1 rings (SSSR count). The molecule has 0 aliphatic rings. The third kappa shape index (κ3) is 2.81. The molecule has 0 saturated carbocycles. The third-order valence-corrected chi connectivity index (χ3v) is 4.60. The monoisotopic (exact) mass is 309 g/mol. The molecule has 0 spiro atoms. The van der Waals surface area contributed by atoms with E-state index in [0.29, 0.717) is 17.4 Å². The molecule has 90 valence electrons. The number of halogens is 2. The fraction of sp³-hybridized carbons (Fsp3) is 0.400. The van der Waals surface area contributed by atoms with Crippen molar-refractivity contribution in [2.45, 2.75) is 11.8 Å². The molecule has 3 nitrogen and oxygen atoms in total. The van der Waals surface area contributed by atoms with Crippen LogP contribution in [0, 0.1) is 12.7 Å². The standard InChI is InChI=1S/C10H13BrFNO2S/c1-8-7-9(12)3-4-10(8)16(14,15)13(2)6-5-11/h3-4,7H,5-6H2,1-2H3. The van der Waals surface area contributed by atoms with E-state index in [1.54, 1.807) is 6.92 Å². The van der Waals surface area contributed by atoms with Crippen LogP contribution in [0.1, 0.15) is 5.56 Å². The number of aryl methyl sites for hydroxylation is 1. The SMILES string of the molecule is Cc1cc(F)ccc1S(=O)(=O)N(C)CCBr. The van der Waals surface area contributed by atoms with Gasteiger partial charge in [-0.3, -0.25) is 0 Å². The lowest BCUT2D eigenvalue weighted by atomic mass is 10.2. The lowest BCUT2D eigenvalue weighted by molar-refractivity contribution is 0.488. The molecule has 1 aromatic rings. The summed E-state index contributed by atoms with van der Waals surface area (Å²) in [6, 6.07) is 3.67. The van der Waals surface area contributed by atoms with Crippen molar-refractivity contribution in [1.82, 2.24) is 4.31 Å². The van der Waals surface area contributed by atoms with Gasteiger partial charge in [0.05, 0.1) is 4.90 Å². The van der Waals surface area contributed by atoms with E-state index in [1.807, 2.05) is 0 Å². The van der Waals surface area contributed by atoms with Crippen molar-refractivity contribution in [2.75, 3.05) is 18.9 Å². The highest BCUT2D eigenvalue weighted by molar-refractivity contribution is 9.09. The van der Waals surface area contributed by atoms with Crippen LogP contribution < -0.4 is 0 Å². The third-order valence-electron chi connectivity index (χ3n) is 2.22. The Hall–Kier alpha value is -0.460. The second-order valence-corrected chi connectivity index (χ2v) is 6.23. The van der Waals surface area contributed by atoms with Crippen LogP contribution in [0.5, 0.6) is 0 Å². The molecule has 1 aromatic carbocycles. The quantitative estimate of drug-likeness (QED) is 0.799. The van der Waals surface area contributed by atoms with Gasteiger partial charge in [-0.25, -0.2) is 17.1 Å². The summed E-state index contributed by atoms with van der Waals surface area (Å²) in [6.07, 6.45) is 0. The highest BCUT2D eigenvalue weighted by Gasteiger charge is 2.22. The Labute approximate surface area is 103 Å². The highest BCUT2D eigenvalue weighted by Crippen LogP contribution is 2.19. The summed E-state index contributed by atoms with van der Waals surface area (Å²) in [5, 5.41) is 0.559. The van der Waals surface area contributed by atoms with Crippen LogP contribution in [0.25, 0.3) is 0 Å². The Bertz CT molecular complexity index is 476. The number of benzene rings is 1. The van der Waals surface area contributed by atoms with Crippen molar-refractivity contribution in [3.8, 4) is 0 Å². The summed E-state index contributed by atoms with van der Waals surface area (Å²) in [5.74, 6) is -0.431. The van der Waals surface area contributed by atoms with Gasteiger partial charge in [0, 0.05) is 18.9 Å². The number of nitrogens with zero attached hydrogens (tertiary/aromatic N) is 1. The van der Waals surface area contributed by atoms with Gasteiger partial charge in [0.2, 0.25) is 10.0 Å². The van der Waals surface area contributed by atoms with E-state index < -0.39 is 15.8 Å². The Morgan fingerprint density at radius 2 is 2.06 bits per heavy atom. The highest BCUT2D eigenvalue weighted by atomic mass is 79.9. The normalized spacial score (nSPS) is 12.1. The Morgan fingerprint density at radius 3 is 2.56 bits per heavy atom. The van der Waals surface area contributed by atoms with Gasteiger partial charge in [0.25, 0.3) is 0 Å². The maximum Gasteiger partial charge on any atom is 0.243 e. The molecule has 0 aromatic heterocycles. The Kier molecular flexibility index (Phi) is 4.46. The van der Waals surface area contributed by atoms with Crippen LogP contribution in [-0.2, 0) is 10.0 Å². The van der Waals surface area contributed by atoms with Crippen molar-refractivity contribution < 1.29 is 12.8 Å². The van der Waals surface area contributed by atoms with Crippen molar-refractivity contribution in [3.63, 3.8) is 0 Å². The Balaban J connectivity index is 3.17. The molecule has 6 heteroatoms. The first-order valence-corrected chi connectivity index (χ1v) is 7.24. The number of alkyl halides is 1. The number of hydrogen-bond donors (Lipinski definition) is 0.